The number of hydrogen-bond acceptors (Lipinski definition) is 5. The van der Waals surface area contributed by atoms with Gasteiger partial charge in [0, 0.05) is 49.5 Å². The molecule has 4 rings (SSSR count). The SMILES string of the molecule is COCCCc1cc(/C=C/c2cc(-c3cncn3C)nc3cc(Cl)c(CCC#N)cc23)ccn1. The first-order chi connectivity index (χ1) is 16.6. The van der Waals surface area contributed by atoms with E-state index in [2.05, 4.69) is 46.4 Å². The average Bonchev–Trinajstić information content (AvgIpc) is 3.27. The third-order valence-corrected chi connectivity index (χ3v) is 6.02. The highest BCUT2D eigenvalue weighted by atomic mass is 35.5. The van der Waals surface area contributed by atoms with E-state index in [9.17, 15) is 0 Å². The zero-order valence-electron chi connectivity index (χ0n) is 19.3. The first-order valence-electron chi connectivity index (χ1n) is 11.2. The lowest BCUT2D eigenvalue weighted by molar-refractivity contribution is 0.195. The smallest absolute Gasteiger partial charge is 0.0948 e. The molecule has 6 nitrogen and oxygen atoms in total. The molecule has 0 fully saturated rings. The van der Waals surface area contributed by atoms with E-state index in [-0.39, 0.29) is 0 Å². The first kappa shape index (κ1) is 23.6. The van der Waals surface area contributed by atoms with Crippen molar-refractivity contribution in [3.05, 3.63) is 76.5 Å². The number of hydrogen-bond donors (Lipinski definition) is 0. The number of methoxy groups -OCH3 is 1. The van der Waals surface area contributed by atoms with Crippen LogP contribution in [0.1, 0.15) is 35.2 Å². The molecule has 3 aromatic heterocycles. The third-order valence-electron chi connectivity index (χ3n) is 5.67. The van der Waals surface area contributed by atoms with E-state index in [0.29, 0.717) is 17.9 Å². The van der Waals surface area contributed by atoms with E-state index >= 15 is 0 Å². The van der Waals surface area contributed by atoms with Crippen LogP contribution in [0.3, 0.4) is 0 Å². The molecule has 0 bridgehead atoms. The summed E-state index contributed by atoms with van der Waals surface area (Å²) in [5.41, 5.74) is 6.64. The summed E-state index contributed by atoms with van der Waals surface area (Å²) < 4.78 is 7.10. The van der Waals surface area contributed by atoms with Gasteiger partial charge in [-0.25, -0.2) is 9.97 Å². The van der Waals surface area contributed by atoms with Crippen molar-refractivity contribution >= 4 is 34.7 Å². The number of nitriles is 1. The van der Waals surface area contributed by atoms with Crippen molar-refractivity contribution in [2.45, 2.75) is 25.7 Å². The summed E-state index contributed by atoms with van der Waals surface area (Å²) in [5, 5.41) is 10.6. The van der Waals surface area contributed by atoms with Crippen LogP contribution in [0.15, 0.2) is 49.1 Å². The Hall–Kier alpha value is -3.53. The molecule has 0 aliphatic heterocycles. The second-order valence-electron chi connectivity index (χ2n) is 8.12. The van der Waals surface area contributed by atoms with Gasteiger partial charge in [0.2, 0.25) is 0 Å². The Morgan fingerprint density at radius 2 is 2.06 bits per heavy atom. The number of aryl methyl sites for hydroxylation is 3. The molecule has 0 radical (unpaired) electrons. The fourth-order valence-corrected chi connectivity index (χ4v) is 4.15. The molecule has 0 atom stereocenters. The van der Waals surface area contributed by atoms with Crippen LogP contribution in [0.5, 0.6) is 0 Å². The number of fused-ring (bicyclic) bond motifs is 1. The zero-order valence-corrected chi connectivity index (χ0v) is 20.1. The van der Waals surface area contributed by atoms with Crippen molar-refractivity contribution in [2.24, 2.45) is 7.05 Å². The molecule has 7 heteroatoms. The van der Waals surface area contributed by atoms with Gasteiger partial charge in [0.25, 0.3) is 0 Å². The van der Waals surface area contributed by atoms with Gasteiger partial charge in [-0.1, -0.05) is 23.8 Å². The van der Waals surface area contributed by atoms with Crippen LogP contribution in [0.4, 0.5) is 0 Å². The van der Waals surface area contributed by atoms with E-state index in [1.54, 1.807) is 19.6 Å². The highest BCUT2D eigenvalue weighted by Gasteiger charge is 2.12. The lowest BCUT2D eigenvalue weighted by Crippen LogP contribution is -1.96. The molecule has 0 aliphatic rings. The maximum absolute atomic E-state index is 9.02. The van der Waals surface area contributed by atoms with Crippen LogP contribution in [0, 0.1) is 11.3 Å². The van der Waals surface area contributed by atoms with Crippen molar-refractivity contribution in [2.75, 3.05) is 13.7 Å². The Morgan fingerprint density at radius 3 is 2.82 bits per heavy atom. The van der Waals surface area contributed by atoms with Crippen molar-refractivity contribution in [3.63, 3.8) is 0 Å². The van der Waals surface area contributed by atoms with E-state index < -0.39 is 0 Å². The van der Waals surface area contributed by atoms with Gasteiger partial charge in [-0.15, -0.1) is 0 Å². The molecule has 0 saturated carbocycles. The zero-order chi connectivity index (χ0) is 23.9. The lowest BCUT2D eigenvalue weighted by atomic mass is 10.0. The second kappa shape index (κ2) is 11.1. The third kappa shape index (κ3) is 5.51. The summed E-state index contributed by atoms with van der Waals surface area (Å²) >= 11 is 6.54. The predicted octanol–water partition coefficient (Wildman–Crippen LogP) is 5.89. The van der Waals surface area contributed by atoms with Gasteiger partial charge >= 0.3 is 0 Å². The maximum Gasteiger partial charge on any atom is 0.0948 e. The largest absolute Gasteiger partial charge is 0.385 e. The average molecular weight is 472 g/mol. The van der Waals surface area contributed by atoms with Gasteiger partial charge < -0.3 is 9.30 Å². The summed E-state index contributed by atoms with van der Waals surface area (Å²) in [6.45, 7) is 0.720. The molecule has 0 N–H and O–H groups in total. The molecular weight excluding hydrogens is 446 g/mol. The van der Waals surface area contributed by atoms with Gasteiger partial charge in [-0.05, 0) is 66.3 Å². The fourth-order valence-electron chi connectivity index (χ4n) is 3.89. The maximum atomic E-state index is 9.02. The molecule has 0 saturated heterocycles. The van der Waals surface area contributed by atoms with E-state index in [0.717, 1.165) is 64.1 Å². The molecule has 0 unspecified atom stereocenters. The van der Waals surface area contributed by atoms with E-state index in [1.807, 2.05) is 29.9 Å². The van der Waals surface area contributed by atoms with Gasteiger partial charge in [-0.2, -0.15) is 5.26 Å². The van der Waals surface area contributed by atoms with Crippen LogP contribution in [-0.2, 0) is 24.6 Å². The lowest BCUT2D eigenvalue weighted by Gasteiger charge is -2.11. The molecule has 0 aliphatic carbocycles. The highest BCUT2D eigenvalue weighted by Crippen LogP contribution is 2.31. The fraction of sp³-hybridized carbons (Fsp3) is 0.259. The summed E-state index contributed by atoms with van der Waals surface area (Å²) in [6, 6.07) is 12.3. The summed E-state index contributed by atoms with van der Waals surface area (Å²) in [5.74, 6) is 0. The number of halogens is 1. The minimum absolute atomic E-state index is 0.416. The highest BCUT2D eigenvalue weighted by molar-refractivity contribution is 6.32. The Labute approximate surface area is 204 Å². The number of ether oxygens (including phenoxy) is 1. The second-order valence-corrected chi connectivity index (χ2v) is 8.52. The Morgan fingerprint density at radius 1 is 1.18 bits per heavy atom. The Balaban J connectivity index is 1.77. The molecule has 0 spiro atoms. The number of pyridine rings is 2. The molecule has 34 heavy (non-hydrogen) atoms. The Bertz CT molecular complexity index is 1370. The Kier molecular flexibility index (Phi) is 7.69. The van der Waals surface area contributed by atoms with Crippen molar-refractivity contribution in [1.82, 2.24) is 19.5 Å². The number of benzene rings is 1. The van der Waals surface area contributed by atoms with Gasteiger partial charge in [0.15, 0.2) is 0 Å². The molecule has 172 valence electrons. The molecule has 1 aromatic carbocycles. The van der Waals surface area contributed by atoms with Crippen LogP contribution in [-0.4, -0.2) is 33.2 Å². The van der Waals surface area contributed by atoms with E-state index in [1.165, 1.54) is 0 Å². The topological polar surface area (TPSA) is 76.6 Å². The normalized spacial score (nSPS) is 11.4. The van der Waals surface area contributed by atoms with Gasteiger partial charge in [-0.3, -0.25) is 4.98 Å². The van der Waals surface area contributed by atoms with Crippen molar-refractivity contribution in [1.29, 1.82) is 5.26 Å². The van der Waals surface area contributed by atoms with Crippen LogP contribution >= 0.6 is 11.6 Å². The number of rotatable bonds is 9. The minimum Gasteiger partial charge on any atom is -0.385 e. The standard InChI is InChI=1S/C27H26ClN5O/c1-33-18-30-17-27(33)26-15-20(8-7-19-9-11-31-22(13-19)6-4-12-34-2)23-14-21(5-3-10-29)24(28)16-25(23)32-26/h7-9,11,13-18H,3-6,12H2,1-2H3/b8-7+. The summed E-state index contributed by atoms with van der Waals surface area (Å²) in [7, 11) is 3.66. The van der Waals surface area contributed by atoms with E-state index in [4.69, 9.17) is 26.6 Å². The number of nitrogens with zero attached hydrogens (tertiary/aromatic N) is 5. The summed E-state index contributed by atoms with van der Waals surface area (Å²) in [4.78, 5) is 13.6. The van der Waals surface area contributed by atoms with Crippen LogP contribution in [0.25, 0.3) is 34.4 Å². The predicted molar refractivity (Wildman–Crippen MR) is 136 cm³/mol. The first-order valence-corrected chi connectivity index (χ1v) is 11.6. The molecule has 0 amide bonds. The number of imidazole rings is 1. The van der Waals surface area contributed by atoms with Crippen LogP contribution < -0.4 is 0 Å². The monoisotopic (exact) mass is 471 g/mol. The summed E-state index contributed by atoms with van der Waals surface area (Å²) in [6.07, 6.45) is 12.4. The van der Waals surface area contributed by atoms with Gasteiger partial charge in [0.1, 0.15) is 0 Å². The number of aromatic nitrogens is 4. The van der Waals surface area contributed by atoms with Crippen LogP contribution in [0.2, 0.25) is 5.02 Å². The van der Waals surface area contributed by atoms with Gasteiger partial charge in [0.05, 0.1) is 35.5 Å². The molecule has 3 heterocycles. The quantitative estimate of drug-likeness (QED) is 0.284. The van der Waals surface area contributed by atoms with Crippen molar-refractivity contribution < 1.29 is 4.74 Å². The van der Waals surface area contributed by atoms with Crippen molar-refractivity contribution in [3.8, 4) is 17.5 Å². The molecular formula is C27H26ClN5O. The minimum atomic E-state index is 0.416. The molecule has 4 aromatic rings.